The highest BCUT2D eigenvalue weighted by molar-refractivity contribution is 7.89. The van der Waals surface area contributed by atoms with Gasteiger partial charge in [-0.15, -0.1) is 10.2 Å². The lowest BCUT2D eigenvalue weighted by molar-refractivity contribution is 0.102. The SMILES string of the molecule is COCCNS(=O)(=O)c1ccc(C(=O)Nc2nnc(-c3ccco3)s2)cc1. The minimum atomic E-state index is -3.65. The van der Waals surface area contributed by atoms with Gasteiger partial charge < -0.3 is 9.15 Å². The molecular weight excluding hydrogens is 392 g/mol. The summed E-state index contributed by atoms with van der Waals surface area (Å²) in [5.41, 5.74) is 0.292. The number of furan rings is 1. The topological polar surface area (TPSA) is 123 Å². The standard InChI is InChI=1S/C16H16N4O5S2/c1-24-10-8-17-27(22,23)12-6-4-11(5-7-12)14(21)18-16-20-19-15(26-16)13-3-2-9-25-13/h2-7,9,17H,8,10H2,1H3,(H,18,20,21). The second-order valence-corrected chi connectivity index (χ2v) is 8.00. The molecule has 142 valence electrons. The molecule has 0 bridgehead atoms. The fourth-order valence-electron chi connectivity index (χ4n) is 2.09. The van der Waals surface area contributed by atoms with E-state index < -0.39 is 15.9 Å². The van der Waals surface area contributed by atoms with Crippen molar-refractivity contribution in [1.82, 2.24) is 14.9 Å². The van der Waals surface area contributed by atoms with Crippen LogP contribution in [0.15, 0.2) is 52.0 Å². The van der Waals surface area contributed by atoms with Crippen LogP contribution in [0.25, 0.3) is 10.8 Å². The van der Waals surface area contributed by atoms with Gasteiger partial charge in [-0.25, -0.2) is 13.1 Å². The average molecular weight is 408 g/mol. The molecule has 0 aliphatic heterocycles. The van der Waals surface area contributed by atoms with Crippen molar-refractivity contribution < 1.29 is 22.4 Å². The number of ether oxygens (including phenoxy) is 1. The van der Waals surface area contributed by atoms with E-state index in [4.69, 9.17) is 9.15 Å². The van der Waals surface area contributed by atoms with Crippen molar-refractivity contribution in [2.45, 2.75) is 4.90 Å². The van der Waals surface area contributed by atoms with Crippen molar-refractivity contribution in [3.8, 4) is 10.8 Å². The number of hydrogen-bond acceptors (Lipinski definition) is 8. The lowest BCUT2D eigenvalue weighted by Crippen LogP contribution is -2.27. The molecule has 2 aromatic heterocycles. The normalized spacial score (nSPS) is 11.4. The highest BCUT2D eigenvalue weighted by Crippen LogP contribution is 2.26. The van der Waals surface area contributed by atoms with Crippen molar-refractivity contribution in [1.29, 1.82) is 0 Å². The molecule has 0 saturated carbocycles. The molecule has 1 amide bonds. The van der Waals surface area contributed by atoms with E-state index in [0.29, 0.717) is 21.5 Å². The third kappa shape index (κ3) is 4.77. The van der Waals surface area contributed by atoms with Gasteiger partial charge >= 0.3 is 0 Å². The predicted molar refractivity (Wildman–Crippen MR) is 99.1 cm³/mol. The Morgan fingerprint density at radius 3 is 2.67 bits per heavy atom. The molecule has 0 aliphatic carbocycles. The van der Waals surface area contributed by atoms with E-state index in [1.165, 1.54) is 49.0 Å². The first-order valence-corrected chi connectivity index (χ1v) is 10.1. The summed E-state index contributed by atoms with van der Waals surface area (Å²) in [7, 11) is -2.16. The Balaban J connectivity index is 1.65. The van der Waals surface area contributed by atoms with E-state index in [0.717, 1.165) is 0 Å². The monoisotopic (exact) mass is 408 g/mol. The number of methoxy groups -OCH3 is 1. The number of nitrogens with zero attached hydrogens (tertiary/aromatic N) is 2. The van der Waals surface area contributed by atoms with Crippen LogP contribution in [0.4, 0.5) is 5.13 Å². The van der Waals surface area contributed by atoms with Gasteiger partial charge in [-0.1, -0.05) is 11.3 Å². The Morgan fingerprint density at radius 1 is 1.22 bits per heavy atom. The van der Waals surface area contributed by atoms with Crippen LogP contribution in [0.5, 0.6) is 0 Å². The molecule has 0 atom stereocenters. The number of benzene rings is 1. The Hall–Kier alpha value is -2.60. The van der Waals surface area contributed by atoms with Crippen molar-refractivity contribution in [2.75, 3.05) is 25.6 Å². The number of aromatic nitrogens is 2. The zero-order valence-corrected chi connectivity index (χ0v) is 15.8. The van der Waals surface area contributed by atoms with Crippen LogP contribution in [-0.2, 0) is 14.8 Å². The van der Waals surface area contributed by atoms with E-state index in [1.54, 1.807) is 12.1 Å². The van der Waals surface area contributed by atoms with E-state index >= 15 is 0 Å². The number of rotatable bonds is 8. The fraction of sp³-hybridized carbons (Fsp3) is 0.188. The van der Waals surface area contributed by atoms with Crippen LogP contribution in [-0.4, -0.2) is 44.8 Å². The van der Waals surface area contributed by atoms with Gasteiger partial charge in [0, 0.05) is 19.2 Å². The quantitative estimate of drug-likeness (QED) is 0.546. The Labute approximate surface area is 159 Å². The number of nitrogens with one attached hydrogen (secondary N) is 2. The second-order valence-electron chi connectivity index (χ2n) is 5.26. The average Bonchev–Trinajstić information content (AvgIpc) is 3.33. The first-order chi connectivity index (χ1) is 13.0. The molecule has 3 rings (SSSR count). The minimum Gasteiger partial charge on any atom is -0.462 e. The van der Waals surface area contributed by atoms with Crippen molar-refractivity contribution in [3.63, 3.8) is 0 Å². The molecule has 2 heterocycles. The Bertz CT molecular complexity index is 998. The number of amides is 1. The summed E-state index contributed by atoms with van der Waals surface area (Å²) >= 11 is 1.17. The molecule has 0 saturated heterocycles. The number of carbonyl (C=O) groups excluding carboxylic acids is 1. The zero-order valence-electron chi connectivity index (χ0n) is 14.2. The van der Waals surface area contributed by atoms with Crippen LogP contribution in [0, 0.1) is 0 Å². The maximum Gasteiger partial charge on any atom is 0.257 e. The summed E-state index contributed by atoms with van der Waals surface area (Å²) in [5, 5.41) is 11.3. The summed E-state index contributed by atoms with van der Waals surface area (Å²) in [5.74, 6) is 0.136. The van der Waals surface area contributed by atoms with E-state index in [9.17, 15) is 13.2 Å². The van der Waals surface area contributed by atoms with E-state index in [2.05, 4.69) is 20.2 Å². The highest BCUT2D eigenvalue weighted by Gasteiger charge is 2.16. The number of hydrogen-bond donors (Lipinski definition) is 2. The van der Waals surface area contributed by atoms with Gasteiger partial charge in [-0.05, 0) is 36.4 Å². The maximum absolute atomic E-state index is 12.3. The van der Waals surface area contributed by atoms with Crippen LogP contribution >= 0.6 is 11.3 Å². The summed E-state index contributed by atoms with van der Waals surface area (Å²) in [4.78, 5) is 12.4. The van der Waals surface area contributed by atoms with E-state index in [-0.39, 0.29) is 18.0 Å². The minimum absolute atomic E-state index is 0.0613. The van der Waals surface area contributed by atoms with Gasteiger partial charge in [0.2, 0.25) is 15.2 Å². The largest absolute Gasteiger partial charge is 0.462 e. The third-order valence-corrected chi connectivity index (χ3v) is 5.73. The van der Waals surface area contributed by atoms with Crippen LogP contribution < -0.4 is 10.0 Å². The first kappa shape index (κ1) is 19.2. The van der Waals surface area contributed by atoms with Crippen molar-refractivity contribution in [2.24, 2.45) is 0 Å². The number of carbonyl (C=O) groups is 1. The lowest BCUT2D eigenvalue weighted by atomic mass is 10.2. The summed E-state index contributed by atoms with van der Waals surface area (Å²) in [6.45, 7) is 0.428. The fourth-order valence-corrected chi connectivity index (χ4v) is 3.81. The number of sulfonamides is 1. The molecule has 1 aromatic carbocycles. The van der Waals surface area contributed by atoms with Gasteiger partial charge in [0.1, 0.15) is 0 Å². The maximum atomic E-state index is 12.3. The molecule has 2 N–H and O–H groups in total. The summed E-state index contributed by atoms with van der Waals surface area (Å²) in [6.07, 6.45) is 1.52. The first-order valence-electron chi connectivity index (χ1n) is 7.77. The molecule has 27 heavy (non-hydrogen) atoms. The van der Waals surface area contributed by atoms with Gasteiger partial charge in [0.05, 0.1) is 17.8 Å². The second kappa shape index (κ2) is 8.39. The molecular formula is C16H16N4O5S2. The highest BCUT2D eigenvalue weighted by atomic mass is 32.2. The third-order valence-electron chi connectivity index (χ3n) is 3.40. The van der Waals surface area contributed by atoms with Crippen LogP contribution in [0.3, 0.4) is 0 Å². The van der Waals surface area contributed by atoms with Gasteiger partial charge in [0.15, 0.2) is 10.8 Å². The molecule has 0 aliphatic rings. The molecule has 3 aromatic rings. The lowest BCUT2D eigenvalue weighted by Gasteiger charge is -2.07. The van der Waals surface area contributed by atoms with Crippen molar-refractivity contribution in [3.05, 3.63) is 48.2 Å². The molecule has 0 spiro atoms. The summed E-state index contributed by atoms with van der Waals surface area (Å²) < 4.78 is 36.6. The van der Waals surface area contributed by atoms with Crippen molar-refractivity contribution >= 4 is 32.4 Å². The molecule has 11 heteroatoms. The molecule has 0 radical (unpaired) electrons. The van der Waals surface area contributed by atoms with Gasteiger partial charge in [0.25, 0.3) is 5.91 Å². The Kier molecular flexibility index (Phi) is 5.96. The zero-order chi connectivity index (χ0) is 19.3. The van der Waals surface area contributed by atoms with Crippen LogP contribution in [0.1, 0.15) is 10.4 Å². The van der Waals surface area contributed by atoms with Gasteiger partial charge in [-0.2, -0.15) is 0 Å². The molecule has 0 unspecified atom stereocenters. The Morgan fingerprint density at radius 2 is 2.00 bits per heavy atom. The van der Waals surface area contributed by atoms with Crippen LogP contribution in [0.2, 0.25) is 0 Å². The van der Waals surface area contributed by atoms with Gasteiger partial charge in [-0.3, -0.25) is 10.1 Å². The molecule has 0 fully saturated rings. The predicted octanol–water partition coefficient (Wildman–Crippen LogP) is 1.98. The molecule has 9 nitrogen and oxygen atoms in total. The smallest absolute Gasteiger partial charge is 0.257 e. The number of anilines is 1. The van der Waals surface area contributed by atoms with E-state index in [1.807, 2.05) is 0 Å². The summed E-state index contributed by atoms with van der Waals surface area (Å²) in [6, 6.07) is 9.04.